The Kier molecular flexibility index (Phi) is 4.79. The molecule has 1 aliphatic heterocycles. The van der Waals surface area contributed by atoms with Crippen molar-refractivity contribution in [2.24, 2.45) is 0 Å². The number of hydrogen-bond acceptors (Lipinski definition) is 3. The summed E-state index contributed by atoms with van der Waals surface area (Å²) in [6.45, 7) is 3.04. The van der Waals surface area contributed by atoms with Crippen molar-refractivity contribution < 1.29 is 14.3 Å². The molecule has 1 unspecified atom stereocenters. The molecule has 124 valence electrons. The van der Waals surface area contributed by atoms with Crippen LogP contribution < -0.4 is 5.32 Å². The zero-order chi connectivity index (χ0) is 16.9. The zero-order valence-electron chi connectivity index (χ0n) is 13.6. The summed E-state index contributed by atoms with van der Waals surface area (Å²) < 4.78 is 5.40. The molecule has 0 aliphatic carbocycles. The topological polar surface area (TPSA) is 58.6 Å². The van der Waals surface area contributed by atoms with E-state index in [-0.39, 0.29) is 12.5 Å². The van der Waals surface area contributed by atoms with Gasteiger partial charge in [0.15, 0.2) is 0 Å². The lowest BCUT2D eigenvalue weighted by atomic mass is 10.0. The molecule has 2 aromatic carbocycles. The molecule has 2 aromatic rings. The fourth-order valence-corrected chi connectivity index (χ4v) is 2.75. The number of nitrogens with zero attached hydrogens (tertiary/aromatic N) is 1. The van der Waals surface area contributed by atoms with Crippen molar-refractivity contribution in [3.8, 4) is 0 Å². The van der Waals surface area contributed by atoms with Crippen LogP contribution >= 0.6 is 0 Å². The van der Waals surface area contributed by atoms with Gasteiger partial charge < -0.3 is 10.1 Å². The molecule has 3 rings (SSSR count). The van der Waals surface area contributed by atoms with E-state index in [0.29, 0.717) is 13.1 Å². The zero-order valence-corrected chi connectivity index (χ0v) is 13.6. The summed E-state index contributed by atoms with van der Waals surface area (Å²) in [5.74, 6) is -0.179. The molecule has 1 aliphatic rings. The van der Waals surface area contributed by atoms with Crippen LogP contribution in [-0.2, 0) is 16.1 Å². The fourth-order valence-electron chi connectivity index (χ4n) is 2.75. The molecule has 0 bridgehead atoms. The molecular weight excluding hydrogens is 304 g/mol. The van der Waals surface area contributed by atoms with Gasteiger partial charge >= 0.3 is 6.09 Å². The molecule has 2 amide bonds. The van der Waals surface area contributed by atoms with Gasteiger partial charge in [0.25, 0.3) is 0 Å². The van der Waals surface area contributed by atoms with Crippen molar-refractivity contribution in [1.82, 2.24) is 10.2 Å². The molecule has 1 N–H and O–H groups in total. The van der Waals surface area contributed by atoms with Gasteiger partial charge in [0.05, 0.1) is 0 Å². The number of piperazine rings is 1. The second kappa shape index (κ2) is 7.17. The van der Waals surface area contributed by atoms with Crippen LogP contribution in [0.1, 0.15) is 22.7 Å². The first-order valence-electron chi connectivity index (χ1n) is 7.97. The van der Waals surface area contributed by atoms with Crippen LogP contribution in [0.5, 0.6) is 0 Å². The minimum Gasteiger partial charge on any atom is -0.445 e. The lowest BCUT2D eigenvalue weighted by Crippen LogP contribution is -2.52. The molecule has 1 fully saturated rings. The van der Waals surface area contributed by atoms with Crippen LogP contribution in [0, 0.1) is 6.92 Å². The number of ether oxygens (including phenoxy) is 1. The molecule has 0 saturated carbocycles. The summed E-state index contributed by atoms with van der Waals surface area (Å²) in [6, 6.07) is 16.5. The van der Waals surface area contributed by atoms with Gasteiger partial charge in [-0.1, -0.05) is 60.2 Å². The number of amides is 2. The van der Waals surface area contributed by atoms with Gasteiger partial charge in [0.1, 0.15) is 12.6 Å². The van der Waals surface area contributed by atoms with Crippen molar-refractivity contribution >= 4 is 12.0 Å². The van der Waals surface area contributed by atoms with Gasteiger partial charge in [0, 0.05) is 13.1 Å². The summed E-state index contributed by atoms with van der Waals surface area (Å²) in [5.41, 5.74) is 2.81. The Morgan fingerprint density at radius 1 is 1.17 bits per heavy atom. The van der Waals surface area contributed by atoms with Gasteiger partial charge in [-0.15, -0.1) is 0 Å². The molecule has 5 heteroatoms. The Balaban J connectivity index is 1.74. The number of benzene rings is 2. The highest BCUT2D eigenvalue weighted by molar-refractivity contribution is 5.88. The first-order chi connectivity index (χ1) is 11.6. The number of carbonyl (C=O) groups excluding carboxylic acids is 2. The Morgan fingerprint density at radius 2 is 1.88 bits per heavy atom. The Labute approximate surface area is 141 Å². The van der Waals surface area contributed by atoms with E-state index >= 15 is 0 Å². The first-order valence-corrected chi connectivity index (χ1v) is 7.97. The maximum absolute atomic E-state index is 12.5. The fraction of sp³-hybridized carbons (Fsp3) is 0.263. The van der Waals surface area contributed by atoms with Crippen LogP contribution in [0.3, 0.4) is 0 Å². The van der Waals surface area contributed by atoms with Crippen molar-refractivity contribution in [2.75, 3.05) is 13.1 Å². The van der Waals surface area contributed by atoms with E-state index in [0.717, 1.165) is 16.7 Å². The van der Waals surface area contributed by atoms with Gasteiger partial charge in [-0.05, 0) is 18.1 Å². The summed E-state index contributed by atoms with van der Waals surface area (Å²) in [4.78, 5) is 26.3. The summed E-state index contributed by atoms with van der Waals surface area (Å²) >= 11 is 0. The van der Waals surface area contributed by atoms with Gasteiger partial charge in [-0.2, -0.15) is 0 Å². The lowest BCUT2D eigenvalue weighted by Gasteiger charge is -2.34. The minimum atomic E-state index is -0.650. The molecule has 0 radical (unpaired) electrons. The SMILES string of the molecule is Cc1ccc(C2C(=O)NCCN2C(=O)OCc2ccccc2)cc1. The predicted octanol–water partition coefficient (Wildman–Crippen LogP) is 2.80. The van der Waals surface area contributed by atoms with Crippen LogP contribution in [0.4, 0.5) is 4.79 Å². The summed E-state index contributed by atoms with van der Waals surface area (Å²) in [7, 11) is 0. The number of carbonyl (C=O) groups is 2. The average molecular weight is 324 g/mol. The largest absolute Gasteiger partial charge is 0.445 e. The maximum atomic E-state index is 12.5. The van der Waals surface area contributed by atoms with Gasteiger partial charge in [0.2, 0.25) is 5.91 Å². The van der Waals surface area contributed by atoms with E-state index < -0.39 is 12.1 Å². The van der Waals surface area contributed by atoms with Crippen molar-refractivity contribution in [2.45, 2.75) is 19.6 Å². The van der Waals surface area contributed by atoms with Crippen LogP contribution in [0.2, 0.25) is 0 Å². The average Bonchev–Trinajstić information content (AvgIpc) is 2.61. The highest BCUT2D eigenvalue weighted by Gasteiger charge is 2.35. The minimum absolute atomic E-state index is 0.179. The monoisotopic (exact) mass is 324 g/mol. The van der Waals surface area contributed by atoms with Crippen molar-refractivity contribution in [3.05, 3.63) is 71.3 Å². The second-order valence-electron chi connectivity index (χ2n) is 5.84. The predicted molar refractivity (Wildman–Crippen MR) is 90.3 cm³/mol. The summed E-state index contributed by atoms with van der Waals surface area (Å²) in [5, 5.41) is 2.82. The van der Waals surface area contributed by atoms with E-state index in [1.165, 1.54) is 4.90 Å². The van der Waals surface area contributed by atoms with E-state index in [9.17, 15) is 9.59 Å². The number of nitrogens with one attached hydrogen (secondary N) is 1. The van der Waals surface area contributed by atoms with E-state index in [1.807, 2.05) is 61.5 Å². The highest BCUT2D eigenvalue weighted by Crippen LogP contribution is 2.24. The molecule has 1 atom stereocenters. The molecule has 24 heavy (non-hydrogen) atoms. The lowest BCUT2D eigenvalue weighted by molar-refractivity contribution is -0.128. The maximum Gasteiger partial charge on any atom is 0.411 e. The smallest absolute Gasteiger partial charge is 0.411 e. The third kappa shape index (κ3) is 3.56. The Bertz CT molecular complexity index is 713. The van der Waals surface area contributed by atoms with E-state index in [1.54, 1.807) is 0 Å². The molecule has 5 nitrogen and oxygen atoms in total. The third-order valence-corrected chi connectivity index (χ3v) is 4.04. The first kappa shape index (κ1) is 16.1. The van der Waals surface area contributed by atoms with Gasteiger partial charge in [-0.3, -0.25) is 9.69 Å². The normalized spacial score (nSPS) is 17.3. The second-order valence-corrected chi connectivity index (χ2v) is 5.84. The quantitative estimate of drug-likeness (QED) is 0.944. The number of aryl methyl sites for hydroxylation is 1. The molecule has 1 saturated heterocycles. The van der Waals surface area contributed by atoms with Crippen LogP contribution in [-0.4, -0.2) is 30.0 Å². The molecule has 1 heterocycles. The Hall–Kier alpha value is -2.82. The van der Waals surface area contributed by atoms with Crippen molar-refractivity contribution in [1.29, 1.82) is 0 Å². The van der Waals surface area contributed by atoms with E-state index in [2.05, 4.69) is 5.32 Å². The molecule has 0 spiro atoms. The van der Waals surface area contributed by atoms with Gasteiger partial charge in [-0.25, -0.2) is 4.79 Å². The Morgan fingerprint density at radius 3 is 2.58 bits per heavy atom. The van der Waals surface area contributed by atoms with E-state index in [4.69, 9.17) is 4.74 Å². The highest BCUT2D eigenvalue weighted by atomic mass is 16.6. The van der Waals surface area contributed by atoms with Crippen molar-refractivity contribution in [3.63, 3.8) is 0 Å². The summed E-state index contributed by atoms with van der Waals surface area (Å²) in [6.07, 6.45) is -0.473. The number of hydrogen-bond donors (Lipinski definition) is 1. The molecule has 0 aromatic heterocycles. The number of rotatable bonds is 3. The standard InChI is InChI=1S/C19H20N2O3/c1-14-7-9-16(10-8-14)17-18(22)20-11-12-21(17)19(23)24-13-15-5-3-2-4-6-15/h2-10,17H,11-13H2,1H3,(H,20,22). The van der Waals surface area contributed by atoms with Crippen LogP contribution in [0.15, 0.2) is 54.6 Å². The van der Waals surface area contributed by atoms with Crippen LogP contribution in [0.25, 0.3) is 0 Å². The third-order valence-electron chi connectivity index (χ3n) is 4.04. The molecular formula is C19H20N2O3.